The number of H-pyrrole nitrogens is 1. The van der Waals surface area contributed by atoms with Crippen LogP contribution in [0.1, 0.15) is 36.4 Å². The normalized spacial score (nSPS) is 12.0. The molecule has 0 aliphatic rings. The van der Waals surface area contributed by atoms with Gasteiger partial charge in [-0.15, -0.1) is 0 Å². The molecule has 0 fully saturated rings. The van der Waals surface area contributed by atoms with E-state index in [0.717, 1.165) is 36.5 Å². The van der Waals surface area contributed by atoms with E-state index in [1.165, 1.54) is 11.3 Å². The quantitative estimate of drug-likeness (QED) is 0.775. The van der Waals surface area contributed by atoms with Crippen molar-refractivity contribution in [3.05, 3.63) is 46.8 Å². The molecule has 0 radical (unpaired) electrons. The van der Waals surface area contributed by atoms with Gasteiger partial charge in [-0.25, -0.2) is 0 Å². The summed E-state index contributed by atoms with van der Waals surface area (Å²) in [6.45, 7) is 12.6. The molecule has 0 spiro atoms. The Hall–Kier alpha value is -2.30. The molecule has 0 saturated carbocycles. The van der Waals surface area contributed by atoms with E-state index in [0.29, 0.717) is 6.54 Å². The number of hydrogen-bond donors (Lipinski definition) is 2. The summed E-state index contributed by atoms with van der Waals surface area (Å²) in [5.41, 5.74) is 5.67. The van der Waals surface area contributed by atoms with Gasteiger partial charge < -0.3 is 10.2 Å². The minimum atomic E-state index is -0.0662. The second kappa shape index (κ2) is 8.70. The lowest BCUT2D eigenvalue weighted by Gasteiger charge is -2.25. The molecule has 1 aromatic carbocycles. The largest absolute Gasteiger partial charge is 0.370 e. The van der Waals surface area contributed by atoms with E-state index in [1.807, 2.05) is 20.8 Å². The van der Waals surface area contributed by atoms with Gasteiger partial charge in [0.05, 0.1) is 5.69 Å². The van der Waals surface area contributed by atoms with Gasteiger partial charge in [-0.1, -0.05) is 25.1 Å². The third-order valence-electron chi connectivity index (χ3n) is 4.76. The Labute approximate surface area is 150 Å². The molecule has 1 atom stereocenters. The summed E-state index contributed by atoms with van der Waals surface area (Å²) < 4.78 is 0. The molecule has 2 aromatic rings. The average Bonchev–Trinajstić information content (AvgIpc) is 2.91. The van der Waals surface area contributed by atoms with Gasteiger partial charge >= 0.3 is 0 Å². The number of nitrogens with zero attached hydrogens (tertiary/aromatic N) is 2. The number of carbonyl (C=O) groups excluding carboxylic acids is 1. The van der Waals surface area contributed by atoms with E-state index in [1.54, 1.807) is 0 Å². The molecule has 0 saturated heterocycles. The summed E-state index contributed by atoms with van der Waals surface area (Å²) in [7, 11) is 0. The highest BCUT2D eigenvalue weighted by molar-refractivity contribution is 5.78. The number of hydrogen-bond acceptors (Lipinski definition) is 3. The maximum atomic E-state index is 12.4. The third-order valence-corrected chi connectivity index (χ3v) is 4.76. The van der Waals surface area contributed by atoms with Crippen molar-refractivity contribution in [3.8, 4) is 0 Å². The van der Waals surface area contributed by atoms with E-state index < -0.39 is 0 Å². The van der Waals surface area contributed by atoms with E-state index in [9.17, 15) is 4.79 Å². The minimum absolute atomic E-state index is 0.0662. The van der Waals surface area contributed by atoms with Gasteiger partial charge in [0.2, 0.25) is 5.91 Å². The Morgan fingerprint density at radius 1 is 1.28 bits per heavy atom. The topological polar surface area (TPSA) is 61.0 Å². The van der Waals surface area contributed by atoms with E-state index >= 15 is 0 Å². The molecule has 2 N–H and O–H groups in total. The highest BCUT2D eigenvalue weighted by Crippen LogP contribution is 2.18. The fraction of sp³-hybridized carbons (Fsp3) is 0.500. The number of likely N-dealkylation sites (N-methyl/N-ethyl adjacent to an activating group) is 1. The van der Waals surface area contributed by atoms with Gasteiger partial charge in [-0.2, -0.15) is 5.10 Å². The lowest BCUT2D eigenvalue weighted by Crippen LogP contribution is -2.38. The molecule has 25 heavy (non-hydrogen) atoms. The number of anilines is 1. The van der Waals surface area contributed by atoms with Crippen LogP contribution >= 0.6 is 0 Å². The Kier molecular flexibility index (Phi) is 6.62. The summed E-state index contributed by atoms with van der Waals surface area (Å²) in [5, 5.41) is 10.3. The van der Waals surface area contributed by atoms with Gasteiger partial charge in [0, 0.05) is 36.9 Å². The SMILES string of the molecule is CCN(CCNC(=O)[C@@H](C)Cc1c(C)n[nH]c1C)c1ccccc1C. The fourth-order valence-corrected chi connectivity index (χ4v) is 3.13. The van der Waals surface area contributed by atoms with Crippen molar-refractivity contribution >= 4 is 11.6 Å². The number of rotatable bonds is 8. The molecule has 1 aromatic heterocycles. The van der Waals surface area contributed by atoms with Crippen molar-refractivity contribution in [2.75, 3.05) is 24.5 Å². The Bertz CT molecular complexity index is 688. The van der Waals surface area contributed by atoms with Crippen molar-refractivity contribution in [2.24, 2.45) is 5.92 Å². The van der Waals surface area contributed by atoms with Crippen LogP contribution in [0.2, 0.25) is 0 Å². The van der Waals surface area contributed by atoms with Crippen molar-refractivity contribution < 1.29 is 4.79 Å². The predicted octanol–water partition coefficient (Wildman–Crippen LogP) is 3.16. The van der Waals surface area contributed by atoms with Crippen LogP contribution in [-0.4, -0.2) is 35.7 Å². The number of benzene rings is 1. The summed E-state index contributed by atoms with van der Waals surface area (Å²) in [5.74, 6) is 0.0318. The van der Waals surface area contributed by atoms with E-state index in [4.69, 9.17) is 0 Å². The zero-order valence-corrected chi connectivity index (χ0v) is 16.0. The Balaban J connectivity index is 1.86. The zero-order chi connectivity index (χ0) is 18.4. The predicted molar refractivity (Wildman–Crippen MR) is 103 cm³/mol. The van der Waals surface area contributed by atoms with E-state index in [-0.39, 0.29) is 11.8 Å². The Morgan fingerprint density at radius 3 is 2.60 bits per heavy atom. The van der Waals surface area contributed by atoms with E-state index in [2.05, 4.69) is 58.5 Å². The van der Waals surface area contributed by atoms with Gasteiger partial charge in [0.1, 0.15) is 0 Å². The molecule has 0 unspecified atom stereocenters. The number of aromatic nitrogens is 2. The minimum Gasteiger partial charge on any atom is -0.370 e. The number of aromatic amines is 1. The maximum absolute atomic E-state index is 12.4. The zero-order valence-electron chi connectivity index (χ0n) is 16.0. The molecule has 2 rings (SSSR count). The molecule has 0 aliphatic heterocycles. The lowest BCUT2D eigenvalue weighted by atomic mass is 9.99. The van der Waals surface area contributed by atoms with Crippen LogP contribution in [0.4, 0.5) is 5.69 Å². The molecule has 5 heteroatoms. The highest BCUT2D eigenvalue weighted by atomic mass is 16.1. The van der Waals surface area contributed by atoms with Crippen LogP contribution in [0.3, 0.4) is 0 Å². The molecule has 136 valence electrons. The van der Waals surface area contributed by atoms with Gasteiger partial charge in [-0.05, 0) is 51.3 Å². The Morgan fingerprint density at radius 2 is 2.00 bits per heavy atom. The number of nitrogens with one attached hydrogen (secondary N) is 2. The molecular weight excluding hydrogens is 312 g/mol. The molecule has 0 bridgehead atoms. The number of aryl methyl sites for hydroxylation is 3. The number of amides is 1. The number of carbonyl (C=O) groups is 1. The smallest absolute Gasteiger partial charge is 0.223 e. The third kappa shape index (κ3) is 4.84. The number of para-hydroxylation sites is 1. The van der Waals surface area contributed by atoms with Crippen LogP contribution < -0.4 is 10.2 Å². The second-order valence-corrected chi connectivity index (χ2v) is 6.67. The van der Waals surface area contributed by atoms with Gasteiger partial charge in [0.15, 0.2) is 0 Å². The first kappa shape index (κ1) is 19.0. The summed E-state index contributed by atoms with van der Waals surface area (Å²) in [6.07, 6.45) is 0.718. The van der Waals surface area contributed by atoms with Crippen LogP contribution in [0.25, 0.3) is 0 Å². The summed E-state index contributed by atoms with van der Waals surface area (Å²) >= 11 is 0. The monoisotopic (exact) mass is 342 g/mol. The first-order valence-electron chi connectivity index (χ1n) is 9.02. The van der Waals surface area contributed by atoms with Crippen LogP contribution in [-0.2, 0) is 11.2 Å². The first-order valence-corrected chi connectivity index (χ1v) is 9.02. The van der Waals surface area contributed by atoms with Crippen molar-refractivity contribution in [1.29, 1.82) is 0 Å². The van der Waals surface area contributed by atoms with Crippen LogP contribution in [0.15, 0.2) is 24.3 Å². The maximum Gasteiger partial charge on any atom is 0.223 e. The molecule has 1 amide bonds. The lowest BCUT2D eigenvalue weighted by molar-refractivity contribution is -0.124. The van der Waals surface area contributed by atoms with Crippen molar-refractivity contribution in [3.63, 3.8) is 0 Å². The average molecular weight is 342 g/mol. The fourth-order valence-electron chi connectivity index (χ4n) is 3.13. The molecule has 1 heterocycles. The molecular formula is C20H30N4O. The molecule has 0 aliphatic carbocycles. The van der Waals surface area contributed by atoms with Gasteiger partial charge in [-0.3, -0.25) is 9.89 Å². The van der Waals surface area contributed by atoms with Crippen LogP contribution in [0.5, 0.6) is 0 Å². The summed E-state index contributed by atoms with van der Waals surface area (Å²) in [6, 6.07) is 8.36. The van der Waals surface area contributed by atoms with Crippen LogP contribution in [0, 0.1) is 26.7 Å². The first-order chi connectivity index (χ1) is 11.9. The van der Waals surface area contributed by atoms with Crippen molar-refractivity contribution in [1.82, 2.24) is 15.5 Å². The van der Waals surface area contributed by atoms with Crippen molar-refractivity contribution in [2.45, 2.75) is 41.0 Å². The second-order valence-electron chi connectivity index (χ2n) is 6.67. The highest BCUT2D eigenvalue weighted by Gasteiger charge is 2.17. The standard InChI is InChI=1S/C20H30N4O/c1-6-24(19-10-8-7-9-14(19)2)12-11-21-20(25)15(3)13-18-16(4)22-23-17(18)5/h7-10,15H,6,11-13H2,1-5H3,(H,21,25)(H,22,23)/t15-/m0/s1. The summed E-state index contributed by atoms with van der Waals surface area (Å²) in [4.78, 5) is 14.7. The van der Waals surface area contributed by atoms with Gasteiger partial charge in [0.25, 0.3) is 0 Å². The molecule has 5 nitrogen and oxygen atoms in total.